The second kappa shape index (κ2) is 12.1. The van der Waals surface area contributed by atoms with Gasteiger partial charge in [-0.15, -0.1) is 0 Å². The summed E-state index contributed by atoms with van der Waals surface area (Å²) in [5.41, 5.74) is 0.528. The Morgan fingerprint density at radius 2 is 1.41 bits per heavy atom. The third-order valence-electron chi connectivity index (χ3n) is 7.54. The van der Waals surface area contributed by atoms with Gasteiger partial charge in [0.25, 0.3) is 0 Å². The van der Waals surface area contributed by atoms with E-state index in [1.54, 1.807) is 0 Å². The lowest BCUT2D eigenvalue weighted by molar-refractivity contribution is -0.281. The Morgan fingerprint density at radius 1 is 0.769 bits per heavy atom. The first kappa shape index (κ1) is 27.1. The minimum absolute atomic E-state index is 0.199. The topological polar surface area (TPSA) is 54.0 Å². The SMILES string of the molecule is C[C@]1(CC=O)O[C@@](C)(COCc2ccccc2)[C@H](OCc2ccccc2)C[C@@H]1Oc1ccc2ccccc2c1. The fourth-order valence-electron chi connectivity index (χ4n) is 5.36. The molecule has 0 amide bonds. The van der Waals surface area contributed by atoms with Crippen molar-refractivity contribution in [2.75, 3.05) is 6.61 Å². The van der Waals surface area contributed by atoms with Crippen LogP contribution < -0.4 is 4.74 Å². The quantitative estimate of drug-likeness (QED) is 0.200. The van der Waals surface area contributed by atoms with Gasteiger partial charge in [-0.05, 0) is 47.9 Å². The van der Waals surface area contributed by atoms with E-state index in [0.29, 0.717) is 26.2 Å². The number of hydrogen-bond acceptors (Lipinski definition) is 5. The maximum atomic E-state index is 11.9. The van der Waals surface area contributed by atoms with Crippen LogP contribution in [0.15, 0.2) is 103 Å². The summed E-state index contributed by atoms with van der Waals surface area (Å²) in [6, 6.07) is 34.4. The first-order valence-corrected chi connectivity index (χ1v) is 13.5. The standard InChI is InChI=1S/C34H36O5/c1-33(19-20-35)32(38-30-18-17-28-15-9-10-16-29(28)21-30)22-31(37-24-27-13-7-4-8-14-27)34(2,39-33)25-36-23-26-11-5-3-6-12-26/h3-18,20-21,31-32H,19,22-25H2,1-2H3/t31-,32+,33-,34+/m1/s1. The Balaban J connectivity index is 1.39. The smallest absolute Gasteiger partial charge is 0.130 e. The molecular weight excluding hydrogens is 488 g/mol. The Labute approximate surface area is 230 Å². The second-order valence-corrected chi connectivity index (χ2v) is 10.7. The highest BCUT2D eigenvalue weighted by molar-refractivity contribution is 5.83. The van der Waals surface area contributed by atoms with E-state index in [-0.39, 0.29) is 12.5 Å². The van der Waals surface area contributed by atoms with Crippen LogP contribution in [0.1, 0.15) is 37.8 Å². The average molecular weight is 525 g/mol. The van der Waals surface area contributed by atoms with Crippen molar-refractivity contribution in [3.63, 3.8) is 0 Å². The summed E-state index contributed by atoms with van der Waals surface area (Å²) in [5.74, 6) is 0.741. The molecule has 4 aromatic carbocycles. The van der Waals surface area contributed by atoms with E-state index in [2.05, 4.69) is 18.2 Å². The zero-order valence-corrected chi connectivity index (χ0v) is 22.6. The molecule has 0 radical (unpaired) electrons. The average Bonchev–Trinajstić information content (AvgIpc) is 2.95. The highest BCUT2D eigenvalue weighted by Crippen LogP contribution is 2.42. The molecule has 0 aromatic heterocycles. The van der Waals surface area contributed by atoms with Gasteiger partial charge in [-0.2, -0.15) is 0 Å². The summed E-state index contributed by atoms with van der Waals surface area (Å²) in [4.78, 5) is 11.9. The largest absolute Gasteiger partial charge is 0.487 e. The molecule has 1 heterocycles. The van der Waals surface area contributed by atoms with Crippen LogP contribution in [0.3, 0.4) is 0 Å². The molecule has 0 saturated carbocycles. The molecule has 1 saturated heterocycles. The second-order valence-electron chi connectivity index (χ2n) is 10.7. The fraction of sp³-hybridized carbons (Fsp3) is 0.324. The lowest BCUT2D eigenvalue weighted by Gasteiger charge is -2.52. The fourth-order valence-corrected chi connectivity index (χ4v) is 5.36. The van der Waals surface area contributed by atoms with Gasteiger partial charge in [0.2, 0.25) is 0 Å². The monoisotopic (exact) mass is 524 g/mol. The number of fused-ring (bicyclic) bond motifs is 1. The van der Waals surface area contributed by atoms with Crippen LogP contribution in [0.5, 0.6) is 5.75 Å². The molecule has 4 aromatic rings. The Hall–Kier alpha value is -3.51. The van der Waals surface area contributed by atoms with Crippen molar-refractivity contribution in [3.8, 4) is 5.75 Å². The van der Waals surface area contributed by atoms with Gasteiger partial charge < -0.3 is 23.7 Å². The third-order valence-corrected chi connectivity index (χ3v) is 7.54. The Morgan fingerprint density at radius 3 is 2.10 bits per heavy atom. The van der Waals surface area contributed by atoms with Crippen molar-refractivity contribution in [3.05, 3.63) is 114 Å². The molecule has 1 aliphatic heterocycles. The minimum Gasteiger partial charge on any atom is -0.487 e. The van der Waals surface area contributed by atoms with Crippen LogP contribution >= 0.6 is 0 Å². The Kier molecular flexibility index (Phi) is 8.41. The number of carbonyl (C=O) groups is 1. The molecule has 1 aliphatic rings. The summed E-state index contributed by atoms with van der Waals surface area (Å²) in [7, 11) is 0. The lowest BCUT2D eigenvalue weighted by Crippen LogP contribution is -2.64. The van der Waals surface area contributed by atoms with Crippen molar-refractivity contribution in [1.29, 1.82) is 0 Å². The highest BCUT2D eigenvalue weighted by Gasteiger charge is 2.54. The van der Waals surface area contributed by atoms with Crippen molar-refractivity contribution in [1.82, 2.24) is 0 Å². The van der Waals surface area contributed by atoms with Crippen LogP contribution in [0.4, 0.5) is 0 Å². The maximum Gasteiger partial charge on any atom is 0.130 e. The molecule has 5 rings (SSSR count). The predicted octanol–water partition coefficient (Wildman–Crippen LogP) is 6.92. The molecule has 0 spiro atoms. The summed E-state index contributed by atoms with van der Waals surface area (Å²) in [6.07, 6.45) is 0.943. The molecule has 39 heavy (non-hydrogen) atoms. The van der Waals surface area contributed by atoms with Gasteiger partial charge in [0.05, 0.1) is 25.9 Å². The number of carbonyl (C=O) groups excluding carboxylic acids is 1. The van der Waals surface area contributed by atoms with E-state index in [9.17, 15) is 4.79 Å². The Bertz CT molecular complexity index is 1360. The summed E-state index contributed by atoms with van der Waals surface area (Å²) in [6.45, 7) is 5.19. The van der Waals surface area contributed by atoms with Gasteiger partial charge in [-0.1, -0.05) is 91.0 Å². The molecule has 5 heteroatoms. The van der Waals surface area contributed by atoms with Gasteiger partial charge in [-0.3, -0.25) is 0 Å². The predicted molar refractivity (Wildman–Crippen MR) is 153 cm³/mol. The molecule has 5 nitrogen and oxygen atoms in total. The minimum atomic E-state index is -0.856. The van der Waals surface area contributed by atoms with Crippen LogP contribution in [-0.2, 0) is 32.2 Å². The molecule has 0 unspecified atom stereocenters. The zero-order valence-electron chi connectivity index (χ0n) is 22.6. The number of ether oxygens (including phenoxy) is 4. The van der Waals surface area contributed by atoms with Gasteiger partial charge in [0, 0.05) is 12.8 Å². The van der Waals surface area contributed by atoms with Crippen molar-refractivity contribution >= 4 is 17.1 Å². The highest BCUT2D eigenvalue weighted by atomic mass is 16.6. The maximum absolute atomic E-state index is 11.9. The van der Waals surface area contributed by atoms with E-state index in [4.69, 9.17) is 18.9 Å². The first-order valence-electron chi connectivity index (χ1n) is 13.5. The molecule has 0 aliphatic carbocycles. The van der Waals surface area contributed by atoms with Crippen LogP contribution in [0, 0.1) is 0 Å². The van der Waals surface area contributed by atoms with E-state index < -0.39 is 17.3 Å². The molecule has 202 valence electrons. The van der Waals surface area contributed by atoms with E-state index in [1.165, 1.54) is 0 Å². The van der Waals surface area contributed by atoms with Gasteiger partial charge in [-0.25, -0.2) is 0 Å². The van der Waals surface area contributed by atoms with Gasteiger partial charge in [0.15, 0.2) is 0 Å². The summed E-state index contributed by atoms with van der Waals surface area (Å²) >= 11 is 0. The van der Waals surface area contributed by atoms with Crippen LogP contribution in [0.25, 0.3) is 10.8 Å². The van der Waals surface area contributed by atoms with E-state index in [1.807, 2.05) is 98.8 Å². The summed E-state index contributed by atoms with van der Waals surface area (Å²) < 4.78 is 26.1. The van der Waals surface area contributed by atoms with Gasteiger partial charge >= 0.3 is 0 Å². The van der Waals surface area contributed by atoms with Crippen LogP contribution in [0.2, 0.25) is 0 Å². The molecule has 4 atom stereocenters. The van der Waals surface area contributed by atoms with Crippen molar-refractivity contribution in [2.24, 2.45) is 0 Å². The normalized spacial score (nSPS) is 24.9. The third kappa shape index (κ3) is 6.56. The first-order chi connectivity index (χ1) is 19.0. The number of rotatable bonds is 11. The molecule has 0 bridgehead atoms. The lowest BCUT2D eigenvalue weighted by atomic mass is 9.81. The molecule has 0 N–H and O–H groups in total. The molecular formula is C34H36O5. The molecule has 1 fully saturated rings. The van der Waals surface area contributed by atoms with Crippen molar-refractivity contribution < 1.29 is 23.7 Å². The van der Waals surface area contributed by atoms with Crippen molar-refractivity contribution in [2.45, 2.75) is 63.3 Å². The van der Waals surface area contributed by atoms with E-state index >= 15 is 0 Å². The zero-order chi connectivity index (χ0) is 27.1. The number of hydrogen-bond donors (Lipinski definition) is 0. The summed E-state index contributed by atoms with van der Waals surface area (Å²) in [5, 5.41) is 2.24. The number of aldehydes is 1. The van der Waals surface area contributed by atoms with Gasteiger partial charge in [0.1, 0.15) is 29.3 Å². The van der Waals surface area contributed by atoms with Crippen LogP contribution in [-0.4, -0.2) is 36.3 Å². The van der Waals surface area contributed by atoms with E-state index in [0.717, 1.165) is 33.9 Å². The number of benzene rings is 4.